The smallest absolute Gasteiger partial charge is 0.307 e. The Labute approximate surface area is 133 Å². The number of hydrogen-bond donors (Lipinski definition) is 1. The third-order valence-corrected chi connectivity index (χ3v) is 3.09. The fourth-order valence-electron chi connectivity index (χ4n) is 2.19. The molecule has 2 aromatic rings. The molecule has 3 rings (SSSR count). The van der Waals surface area contributed by atoms with Crippen LogP contribution in [0.25, 0.3) is 16.3 Å². The number of fused-ring (bicyclic) bond motifs is 1. The number of carbonyl (C=O) groups is 3. The summed E-state index contributed by atoms with van der Waals surface area (Å²) in [6.07, 6.45) is 2.45. The van der Waals surface area contributed by atoms with Gasteiger partial charge in [-0.2, -0.15) is 0 Å². The quantitative estimate of drug-likeness (QED) is 0.526. The summed E-state index contributed by atoms with van der Waals surface area (Å²) in [5.74, 6) is -1.01. The lowest BCUT2D eigenvalue weighted by Crippen LogP contribution is -2.21. The lowest BCUT2D eigenvalue weighted by atomic mass is 9.98. The number of ether oxygens (including phenoxy) is 1. The zero-order chi connectivity index (χ0) is 16.8. The first kappa shape index (κ1) is 16.2. The molecule has 0 saturated heterocycles. The zero-order valence-corrected chi connectivity index (χ0v) is 12.5. The van der Waals surface area contributed by atoms with Crippen molar-refractivity contribution in [3.8, 4) is 0 Å². The van der Waals surface area contributed by atoms with Crippen LogP contribution in [0.1, 0.15) is 12.5 Å². The predicted octanol–water partition coefficient (Wildman–Crippen LogP) is 2.57. The Balaban J connectivity index is 0.000000277. The Morgan fingerprint density at radius 3 is 2.39 bits per heavy atom. The summed E-state index contributed by atoms with van der Waals surface area (Å²) in [5, 5.41) is 4.29. The van der Waals surface area contributed by atoms with Crippen LogP contribution in [0.15, 0.2) is 61.4 Å². The maximum Gasteiger partial charge on any atom is 0.307 e. The summed E-state index contributed by atoms with van der Waals surface area (Å²) in [7, 11) is 0. The first-order valence-corrected chi connectivity index (χ1v) is 6.86. The van der Waals surface area contributed by atoms with E-state index in [-0.39, 0.29) is 17.8 Å². The Morgan fingerprint density at radius 1 is 1.13 bits per heavy atom. The average Bonchev–Trinajstić information content (AvgIpc) is 2.85. The molecule has 2 aromatic carbocycles. The standard InChI is InChI=1S/C14H9NO2.C4H6O2/c16-13-8-12(14(17)15-13)11-7-3-5-9-4-1-2-6-10(9)11;1-3-6-4(2)5/h1-8H,(H,15,16,17);3H,1H2,2H3. The number of carbonyl (C=O) groups excluding carboxylic acids is 3. The second-order valence-electron chi connectivity index (χ2n) is 4.68. The number of benzene rings is 2. The van der Waals surface area contributed by atoms with Crippen LogP contribution in [0.2, 0.25) is 0 Å². The summed E-state index contributed by atoms with van der Waals surface area (Å²) in [6, 6.07) is 13.5. The molecule has 23 heavy (non-hydrogen) atoms. The Hall–Kier alpha value is -3.21. The highest BCUT2D eigenvalue weighted by atomic mass is 16.5. The number of hydrogen-bond acceptors (Lipinski definition) is 4. The van der Waals surface area contributed by atoms with Gasteiger partial charge in [0, 0.05) is 13.0 Å². The van der Waals surface area contributed by atoms with Crippen LogP contribution < -0.4 is 5.32 Å². The normalized spacial score (nSPS) is 12.8. The molecule has 5 heteroatoms. The third kappa shape index (κ3) is 3.91. The largest absolute Gasteiger partial charge is 0.435 e. The SMILES string of the molecule is C=COC(C)=O.O=C1C=C(c2cccc3ccccc23)C(=O)N1. The highest BCUT2D eigenvalue weighted by molar-refractivity contribution is 6.35. The van der Waals surface area contributed by atoms with Crippen LogP contribution in [0.4, 0.5) is 0 Å². The van der Waals surface area contributed by atoms with Crippen LogP contribution in [-0.4, -0.2) is 17.8 Å². The van der Waals surface area contributed by atoms with Gasteiger partial charge in [0.1, 0.15) is 0 Å². The Morgan fingerprint density at radius 2 is 1.83 bits per heavy atom. The number of amides is 2. The van der Waals surface area contributed by atoms with Crippen molar-refractivity contribution in [3.05, 3.63) is 66.9 Å². The average molecular weight is 309 g/mol. The minimum absolute atomic E-state index is 0.327. The molecule has 1 N–H and O–H groups in total. The summed E-state index contributed by atoms with van der Waals surface area (Å²) in [5.41, 5.74) is 1.23. The van der Waals surface area contributed by atoms with Crippen molar-refractivity contribution in [3.63, 3.8) is 0 Å². The van der Waals surface area contributed by atoms with E-state index in [1.54, 1.807) is 0 Å². The predicted molar refractivity (Wildman–Crippen MR) is 87.0 cm³/mol. The second kappa shape index (κ2) is 7.17. The van der Waals surface area contributed by atoms with Gasteiger partial charge in [-0.15, -0.1) is 0 Å². The molecular weight excluding hydrogens is 294 g/mol. The molecule has 0 aromatic heterocycles. The summed E-state index contributed by atoms with van der Waals surface area (Å²) < 4.78 is 4.17. The van der Waals surface area contributed by atoms with E-state index in [9.17, 15) is 14.4 Å². The maximum absolute atomic E-state index is 11.6. The van der Waals surface area contributed by atoms with Crippen molar-refractivity contribution < 1.29 is 19.1 Å². The molecule has 1 aliphatic heterocycles. The molecule has 0 bridgehead atoms. The van der Waals surface area contributed by atoms with Gasteiger partial charge in [-0.3, -0.25) is 19.7 Å². The minimum atomic E-state index is -0.349. The van der Waals surface area contributed by atoms with Crippen molar-refractivity contribution in [2.24, 2.45) is 0 Å². The molecular formula is C18H15NO4. The van der Waals surface area contributed by atoms with Gasteiger partial charge in [-0.05, 0) is 16.3 Å². The van der Waals surface area contributed by atoms with Gasteiger partial charge < -0.3 is 4.74 Å². The highest BCUT2D eigenvalue weighted by Gasteiger charge is 2.23. The maximum atomic E-state index is 11.6. The van der Waals surface area contributed by atoms with Crippen LogP contribution in [0.5, 0.6) is 0 Å². The molecule has 1 aliphatic rings. The fraction of sp³-hybridized carbons (Fsp3) is 0.0556. The molecule has 1 heterocycles. The van der Waals surface area contributed by atoms with Crippen molar-refractivity contribution in [2.75, 3.05) is 0 Å². The van der Waals surface area contributed by atoms with Gasteiger partial charge >= 0.3 is 5.97 Å². The first-order chi connectivity index (χ1) is 11.0. The van der Waals surface area contributed by atoms with Gasteiger partial charge in [0.05, 0.1) is 11.8 Å². The molecule has 0 unspecified atom stereocenters. The fourth-order valence-corrected chi connectivity index (χ4v) is 2.19. The third-order valence-electron chi connectivity index (χ3n) is 3.09. The van der Waals surface area contributed by atoms with E-state index in [0.717, 1.165) is 22.6 Å². The number of imide groups is 1. The van der Waals surface area contributed by atoms with Crippen LogP contribution >= 0.6 is 0 Å². The molecule has 116 valence electrons. The topological polar surface area (TPSA) is 72.5 Å². The highest BCUT2D eigenvalue weighted by Crippen LogP contribution is 2.26. The van der Waals surface area contributed by atoms with Crippen molar-refractivity contribution in [1.82, 2.24) is 5.32 Å². The van der Waals surface area contributed by atoms with Crippen LogP contribution in [0.3, 0.4) is 0 Å². The van der Waals surface area contributed by atoms with E-state index in [1.165, 1.54) is 13.0 Å². The second-order valence-corrected chi connectivity index (χ2v) is 4.68. The molecule has 0 aliphatic carbocycles. The summed E-state index contributed by atoms with van der Waals surface area (Å²) in [4.78, 5) is 32.5. The Bertz CT molecular complexity index is 815. The van der Waals surface area contributed by atoms with E-state index in [2.05, 4.69) is 16.6 Å². The molecule has 0 radical (unpaired) electrons. The van der Waals surface area contributed by atoms with Gasteiger partial charge in [0.2, 0.25) is 0 Å². The van der Waals surface area contributed by atoms with Crippen LogP contribution in [0, 0.1) is 0 Å². The van der Waals surface area contributed by atoms with E-state index in [0.29, 0.717) is 5.57 Å². The number of esters is 1. The van der Waals surface area contributed by atoms with Crippen LogP contribution in [-0.2, 0) is 19.1 Å². The van der Waals surface area contributed by atoms with Gasteiger partial charge in [-0.25, -0.2) is 0 Å². The Kier molecular flexibility index (Phi) is 5.04. The number of nitrogens with one attached hydrogen (secondary N) is 1. The molecule has 5 nitrogen and oxygen atoms in total. The van der Waals surface area contributed by atoms with Crippen molar-refractivity contribution in [2.45, 2.75) is 6.92 Å². The zero-order valence-electron chi connectivity index (χ0n) is 12.5. The molecule has 0 saturated carbocycles. The summed E-state index contributed by atoms with van der Waals surface area (Å²) >= 11 is 0. The number of rotatable bonds is 2. The first-order valence-electron chi connectivity index (χ1n) is 6.86. The van der Waals surface area contributed by atoms with E-state index >= 15 is 0 Å². The van der Waals surface area contributed by atoms with E-state index in [4.69, 9.17) is 0 Å². The van der Waals surface area contributed by atoms with Crippen molar-refractivity contribution >= 4 is 34.1 Å². The van der Waals surface area contributed by atoms with E-state index < -0.39 is 0 Å². The van der Waals surface area contributed by atoms with Gasteiger partial charge in [-0.1, -0.05) is 49.0 Å². The van der Waals surface area contributed by atoms with Gasteiger partial charge in [0.25, 0.3) is 11.8 Å². The minimum Gasteiger partial charge on any atom is -0.435 e. The van der Waals surface area contributed by atoms with Crippen molar-refractivity contribution in [1.29, 1.82) is 0 Å². The summed E-state index contributed by atoms with van der Waals surface area (Å²) in [6.45, 7) is 4.48. The molecule has 0 atom stereocenters. The monoisotopic (exact) mass is 309 g/mol. The lowest BCUT2D eigenvalue weighted by Gasteiger charge is -2.05. The molecule has 0 fully saturated rings. The lowest BCUT2D eigenvalue weighted by molar-refractivity contribution is -0.135. The molecule has 2 amide bonds. The molecule has 0 spiro atoms. The van der Waals surface area contributed by atoms with Gasteiger partial charge in [0.15, 0.2) is 0 Å². The van der Waals surface area contributed by atoms with E-state index in [1.807, 2.05) is 42.5 Å².